The van der Waals surface area contributed by atoms with Gasteiger partial charge in [-0.3, -0.25) is 14.3 Å². The van der Waals surface area contributed by atoms with Gasteiger partial charge in [0.05, 0.1) is 17.9 Å². The second-order valence-electron chi connectivity index (χ2n) is 7.17. The molecule has 3 heterocycles. The minimum atomic E-state index is -0.107. The van der Waals surface area contributed by atoms with Crippen LogP contribution in [-0.2, 0) is 23.0 Å². The summed E-state index contributed by atoms with van der Waals surface area (Å²) in [4.78, 5) is 29.0. The largest absolute Gasteiger partial charge is 0.369 e. The molecule has 2 amide bonds. The number of piperazine rings is 1. The molecule has 0 radical (unpaired) electrons. The Balaban J connectivity index is 1.58. The van der Waals surface area contributed by atoms with E-state index < -0.39 is 0 Å². The van der Waals surface area contributed by atoms with Crippen molar-refractivity contribution in [2.45, 2.75) is 51.4 Å². The smallest absolute Gasteiger partial charge is 0.272 e. The Labute approximate surface area is 141 Å². The van der Waals surface area contributed by atoms with Gasteiger partial charge in [0.2, 0.25) is 5.91 Å². The van der Waals surface area contributed by atoms with Crippen molar-refractivity contribution in [3.8, 4) is 0 Å². The van der Waals surface area contributed by atoms with E-state index in [1.807, 2.05) is 18.7 Å². The topological polar surface area (TPSA) is 67.7 Å². The highest BCUT2D eigenvalue weighted by atomic mass is 16.5. The van der Waals surface area contributed by atoms with E-state index in [0.717, 1.165) is 24.1 Å². The fourth-order valence-electron chi connectivity index (χ4n) is 3.91. The first-order valence-corrected chi connectivity index (χ1v) is 8.75. The predicted molar refractivity (Wildman–Crippen MR) is 86.5 cm³/mol. The molecule has 3 aliphatic rings. The molecule has 24 heavy (non-hydrogen) atoms. The summed E-state index contributed by atoms with van der Waals surface area (Å²) in [6.07, 6.45) is 2.85. The number of rotatable bonds is 2. The van der Waals surface area contributed by atoms with Crippen LogP contribution >= 0.6 is 0 Å². The zero-order valence-corrected chi connectivity index (χ0v) is 14.5. The van der Waals surface area contributed by atoms with Crippen molar-refractivity contribution in [1.29, 1.82) is 0 Å². The summed E-state index contributed by atoms with van der Waals surface area (Å²) in [7, 11) is 1.80. The van der Waals surface area contributed by atoms with E-state index in [2.05, 4.69) is 5.10 Å². The molecule has 130 valence electrons. The number of hydrogen-bond donors (Lipinski definition) is 0. The fraction of sp³-hybridized carbons (Fsp3) is 0.706. The third kappa shape index (κ3) is 2.51. The summed E-state index contributed by atoms with van der Waals surface area (Å²) in [6, 6.07) is 0.415. The normalized spacial score (nSPS) is 27.4. The molecule has 1 aromatic rings. The quantitative estimate of drug-likeness (QED) is 0.807. The third-order valence-electron chi connectivity index (χ3n) is 5.22. The lowest BCUT2D eigenvalue weighted by Crippen LogP contribution is -2.53. The molecule has 0 aromatic carbocycles. The molecule has 0 unspecified atom stereocenters. The molecule has 4 rings (SSSR count). The number of carbonyl (C=O) groups excluding carboxylic acids is 2. The molecule has 0 N–H and O–H groups in total. The number of nitrogens with zero attached hydrogens (tertiary/aromatic N) is 4. The fourth-order valence-corrected chi connectivity index (χ4v) is 3.91. The average Bonchev–Trinajstić information content (AvgIpc) is 3.30. The molecule has 0 spiro atoms. The second kappa shape index (κ2) is 5.58. The summed E-state index contributed by atoms with van der Waals surface area (Å²) >= 11 is 0. The van der Waals surface area contributed by atoms with Crippen LogP contribution in [0.5, 0.6) is 0 Å². The number of carbonyl (C=O) groups is 2. The van der Waals surface area contributed by atoms with Gasteiger partial charge < -0.3 is 14.5 Å². The molecule has 1 aliphatic carbocycles. The summed E-state index contributed by atoms with van der Waals surface area (Å²) in [5, 5.41) is 4.50. The molecule has 0 bridgehead atoms. The van der Waals surface area contributed by atoms with Crippen molar-refractivity contribution < 1.29 is 14.3 Å². The van der Waals surface area contributed by atoms with Crippen LogP contribution in [-0.4, -0.2) is 63.2 Å². The predicted octanol–water partition coefficient (Wildman–Crippen LogP) is 0.889. The Morgan fingerprint density at radius 2 is 2.00 bits per heavy atom. The van der Waals surface area contributed by atoms with Crippen LogP contribution < -0.4 is 0 Å². The number of fused-ring (bicyclic) bond motifs is 1. The van der Waals surface area contributed by atoms with Gasteiger partial charge in [0.1, 0.15) is 12.2 Å². The van der Waals surface area contributed by atoms with E-state index in [0.29, 0.717) is 31.2 Å². The van der Waals surface area contributed by atoms with Gasteiger partial charge in [-0.1, -0.05) is 0 Å². The molecular formula is C17H24N4O3. The maximum atomic E-state index is 13.1. The lowest BCUT2D eigenvalue weighted by atomic mass is 9.99. The van der Waals surface area contributed by atoms with E-state index in [-0.39, 0.29) is 30.6 Å². The molecular weight excluding hydrogens is 308 g/mol. The summed E-state index contributed by atoms with van der Waals surface area (Å²) in [5.74, 6) is -0.0189. The van der Waals surface area contributed by atoms with Gasteiger partial charge in [-0.25, -0.2) is 0 Å². The zero-order valence-electron chi connectivity index (χ0n) is 14.5. The van der Waals surface area contributed by atoms with Crippen LogP contribution in [0, 0.1) is 0 Å². The molecule has 7 heteroatoms. The number of aromatic nitrogens is 2. The Hall–Kier alpha value is -1.89. The highest BCUT2D eigenvalue weighted by Crippen LogP contribution is 2.32. The molecule has 2 aliphatic heterocycles. The van der Waals surface area contributed by atoms with Crippen molar-refractivity contribution in [3.63, 3.8) is 0 Å². The first-order chi connectivity index (χ1) is 11.5. The van der Waals surface area contributed by atoms with Crippen molar-refractivity contribution in [2.75, 3.05) is 19.6 Å². The van der Waals surface area contributed by atoms with Gasteiger partial charge in [-0.2, -0.15) is 5.10 Å². The Kier molecular flexibility index (Phi) is 3.63. The Morgan fingerprint density at radius 1 is 1.25 bits per heavy atom. The Bertz CT molecular complexity index is 694. The van der Waals surface area contributed by atoms with Gasteiger partial charge in [0, 0.05) is 38.2 Å². The van der Waals surface area contributed by atoms with Crippen molar-refractivity contribution in [2.24, 2.45) is 7.05 Å². The molecule has 1 saturated carbocycles. The van der Waals surface area contributed by atoms with Crippen LogP contribution in [0.25, 0.3) is 0 Å². The third-order valence-corrected chi connectivity index (χ3v) is 5.22. The standard InChI is InChI=1S/C17H24N4O3/c1-10-8-13-15(11(2)24-10)18-19(3)16(13)17(23)20-6-7-21(12-4-5-12)14(22)9-20/h10-12H,4-9H2,1-3H3/t10-,11+/m1/s1. The lowest BCUT2D eigenvalue weighted by molar-refractivity contribution is -0.135. The molecule has 2 fully saturated rings. The van der Waals surface area contributed by atoms with Crippen LogP contribution in [0.1, 0.15) is 54.5 Å². The minimum Gasteiger partial charge on any atom is -0.369 e. The van der Waals surface area contributed by atoms with E-state index in [9.17, 15) is 9.59 Å². The van der Waals surface area contributed by atoms with Gasteiger partial charge >= 0.3 is 0 Å². The van der Waals surface area contributed by atoms with Gasteiger partial charge in [0.15, 0.2) is 0 Å². The monoisotopic (exact) mass is 332 g/mol. The van der Waals surface area contributed by atoms with E-state index in [1.54, 1.807) is 16.6 Å². The number of aryl methyl sites for hydroxylation is 1. The summed E-state index contributed by atoms with van der Waals surface area (Å²) < 4.78 is 7.46. The first kappa shape index (κ1) is 15.6. The van der Waals surface area contributed by atoms with Gasteiger partial charge in [-0.05, 0) is 26.7 Å². The van der Waals surface area contributed by atoms with Gasteiger partial charge in [-0.15, -0.1) is 0 Å². The number of amides is 2. The second-order valence-corrected chi connectivity index (χ2v) is 7.17. The highest BCUT2D eigenvalue weighted by Gasteiger charge is 2.39. The van der Waals surface area contributed by atoms with E-state index in [1.165, 1.54) is 0 Å². The maximum absolute atomic E-state index is 13.1. The summed E-state index contributed by atoms with van der Waals surface area (Å²) in [6.45, 7) is 5.40. The van der Waals surface area contributed by atoms with Gasteiger partial charge in [0.25, 0.3) is 5.91 Å². The SMILES string of the molecule is C[C@@H]1Cc2c(nn(C)c2C(=O)N2CCN(C3CC3)C(=O)C2)[C@H](C)O1. The molecule has 2 atom stereocenters. The van der Waals surface area contributed by atoms with Crippen molar-refractivity contribution >= 4 is 11.8 Å². The summed E-state index contributed by atoms with van der Waals surface area (Å²) in [5.41, 5.74) is 2.44. The van der Waals surface area contributed by atoms with Crippen molar-refractivity contribution in [3.05, 3.63) is 17.0 Å². The van der Waals surface area contributed by atoms with Crippen molar-refractivity contribution in [1.82, 2.24) is 19.6 Å². The Morgan fingerprint density at radius 3 is 2.67 bits per heavy atom. The number of hydrogen-bond acceptors (Lipinski definition) is 4. The first-order valence-electron chi connectivity index (χ1n) is 8.75. The number of ether oxygens (including phenoxy) is 1. The van der Waals surface area contributed by atoms with Crippen LogP contribution in [0.15, 0.2) is 0 Å². The molecule has 7 nitrogen and oxygen atoms in total. The zero-order chi connectivity index (χ0) is 17.0. The van der Waals surface area contributed by atoms with Crippen LogP contribution in [0.4, 0.5) is 0 Å². The lowest BCUT2D eigenvalue weighted by Gasteiger charge is -2.34. The maximum Gasteiger partial charge on any atom is 0.272 e. The van der Waals surface area contributed by atoms with E-state index in [4.69, 9.17) is 4.74 Å². The van der Waals surface area contributed by atoms with Crippen LogP contribution in [0.2, 0.25) is 0 Å². The molecule has 1 saturated heterocycles. The van der Waals surface area contributed by atoms with Crippen LogP contribution in [0.3, 0.4) is 0 Å². The highest BCUT2D eigenvalue weighted by molar-refractivity contribution is 5.97. The minimum absolute atomic E-state index is 0.0663. The average molecular weight is 332 g/mol. The van der Waals surface area contributed by atoms with E-state index >= 15 is 0 Å². The molecule has 1 aromatic heterocycles.